The number of nitrogens with zero attached hydrogens (tertiary/aromatic N) is 1. The maximum atomic E-state index is 9.92. The highest BCUT2D eigenvalue weighted by atomic mass is 16.3. The molecule has 0 aliphatic heterocycles. The third kappa shape index (κ3) is 1.91. The Morgan fingerprint density at radius 1 is 1.12 bits per heavy atom. The van der Waals surface area contributed by atoms with Gasteiger partial charge in [0.05, 0.1) is 0 Å². The lowest BCUT2D eigenvalue weighted by molar-refractivity contribution is 0.421. The molecule has 0 unspecified atom stereocenters. The predicted molar refractivity (Wildman–Crippen MR) is 70.8 cm³/mol. The SMILES string of the molecule is Oc1ccc2ccccc2c1C=NC1CCC1. The third-order valence-electron chi connectivity index (χ3n) is 3.44. The van der Waals surface area contributed by atoms with Gasteiger partial charge in [0, 0.05) is 17.8 Å². The minimum absolute atomic E-state index is 0.312. The summed E-state index contributed by atoms with van der Waals surface area (Å²) in [6, 6.07) is 12.2. The van der Waals surface area contributed by atoms with Crippen LogP contribution in [0.2, 0.25) is 0 Å². The van der Waals surface area contributed by atoms with Gasteiger partial charge >= 0.3 is 0 Å². The molecule has 2 heteroatoms. The van der Waals surface area contributed by atoms with Crippen LogP contribution in [0.4, 0.5) is 0 Å². The van der Waals surface area contributed by atoms with E-state index in [2.05, 4.69) is 11.1 Å². The van der Waals surface area contributed by atoms with Gasteiger partial charge < -0.3 is 5.11 Å². The summed E-state index contributed by atoms with van der Waals surface area (Å²) in [5.74, 6) is 0.312. The molecule has 0 spiro atoms. The second-order valence-electron chi connectivity index (χ2n) is 4.58. The zero-order valence-electron chi connectivity index (χ0n) is 9.63. The molecule has 2 nitrogen and oxygen atoms in total. The molecule has 17 heavy (non-hydrogen) atoms. The van der Waals surface area contributed by atoms with Crippen LogP contribution in [-0.4, -0.2) is 17.4 Å². The fraction of sp³-hybridized carbons (Fsp3) is 0.267. The lowest BCUT2D eigenvalue weighted by atomic mass is 9.94. The maximum Gasteiger partial charge on any atom is 0.124 e. The van der Waals surface area contributed by atoms with Crippen molar-refractivity contribution in [2.45, 2.75) is 25.3 Å². The number of fused-ring (bicyclic) bond motifs is 1. The van der Waals surface area contributed by atoms with Crippen LogP contribution in [0.1, 0.15) is 24.8 Å². The van der Waals surface area contributed by atoms with Gasteiger partial charge in [-0.2, -0.15) is 0 Å². The standard InChI is InChI=1S/C15H15NO/c17-15-9-8-11-4-1-2-7-13(11)14(15)10-16-12-5-3-6-12/h1-2,4,7-10,12,17H,3,5-6H2. The molecule has 3 rings (SSSR count). The lowest BCUT2D eigenvalue weighted by Crippen LogP contribution is -2.14. The smallest absolute Gasteiger partial charge is 0.124 e. The van der Waals surface area contributed by atoms with Crippen LogP contribution in [-0.2, 0) is 0 Å². The van der Waals surface area contributed by atoms with Crippen LogP contribution in [0.25, 0.3) is 10.8 Å². The summed E-state index contributed by atoms with van der Waals surface area (Å²) >= 11 is 0. The number of benzene rings is 2. The number of aliphatic imine (C=N–C) groups is 1. The van der Waals surface area contributed by atoms with Crippen molar-refractivity contribution < 1.29 is 5.11 Å². The number of rotatable bonds is 2. The van der Waals surface area contributed by atoms with Crippen LogP contribution in [0.3, 0.4) is 0 Å². The molecule has 0 aromatic heterocycles. The highest BCUT2D eigenvalue weighted by Gasteiger charge is 2.15. The first-order valence-electron chi connectivity index (χ1n) is 6.08. The largest absolute Gasteiger partial charge is 0.507 e. The third-order valence-corrected chi connectivity index (χ3v) is 3.44. The second-order valence-corrected chi connectivity index (χ2v) is 4.58. The van der Waals surface area contributed by atoms with Crippen molar-refractivity contribution in [1.29, 1.82) is 0 Å². The average Bonchev–Trinajstić information content (AvgIpc) is 2.30. The monoisotopic (exact) mass is 225 g/mol. The Bertz CT molecular complexity index is 570. The molecule has 86 valence electrons. The first-order valence-corrected chi connectivity index (χ1v) is 6.08. The van der Waals surface area contributed by atoms with E-state index >= 15 is 0 Å². The molecule has 1 N–H and O–H groups in total. The van der Waals surface area contributed by atoms with Crippen molar-refractivity contribution in [2.75, 3.05) is 0 Å². The zero-order chi connectivity index (χ0) is 11.7. The molecule has 1 aliphatic rings. The molecule has 0 heterocycles. The molecule has 1 saturated carbocycles. The van der Waals surface area contributed by atoms with E-state index in [9.17, 15) is 5.11 Å². The van der Waals surface area contributed by atoms with E-state index in [0.29, 0.717) is 11.8 Å². The Labute approximate surface area is 101 Å². The number of phenols is 1. The van der Waals surface area contributed by atoms with Crippen molar-refractivity contribution in [2.24, 2.45) is 4.99 Å². The van der Waals surface area contributed by atoms with E-state index in [-0.39, 0.29) is 0 Å². The van der Waals surface area contributed by atoms with E-state index in [4.69, 9.17) is 0 Å². The molecule has 0 atom stereocenters. The Kier molecular flexibility index (Phi) is 2.56. The zero-order valence-corrected chi connectivity index (χ0v) is 9.63. The summed E-state index contributed by atoms with van der Waals surface area (Å²) in [6.07, 6.45) is 5.48. The van der Waals surface area contributed by atoms with E-state index in [1.807, 2.05) is 30.5 Å². The van der Waals surface area contributed by atoms with Crippen LogP contribution in [0.5, 0.6) is 5.75 Å². The van der Waals surface area contributed by atoms with Crippen LogP contribution in [0.15, 0.2) is 41.4 Å². The molecule has 0 radical (unpaired) electrons. The van der Waals surface area contributed by atoms with E-state index in [1.165, 1.54) is 19.3 Å². The van der Waals surface area contributed by atoms with Gasteiger partial charge in [-0.25, -0.2) is 0 Å². The summed E-state index contributed by atoms with van der Waals surface area (Å²) < 4.78 is 0. The Hall–Kier alpha value is -1.83. The molecular formula is C15H15NO. The van der Waals surface area contributed by atoms with Gasteiger partial charge in [-0.15, -0.1) is 0 Å². The normalized spacial score (nSPS) is 16.5. The van der Waals surface area contributed by atoms with E-state index in [0.717, 1.165) is 16.3 Å². The summed E-state index contributed by atoms with van der Waals surface area (Å²) in [5, 5.41) is 12.1. The minimum Gasteiger partial charge on any atom is -0.507 e. The Morgan fingerprint density at radius 3 is 2.71 bits per heavy atom. The summed E-state index contributed by atoms with van der Waals surface area (Å²) in [7, 11) is 0. The number of phenolic OH excluding ortho intramolecular Hbond substituents is 1. The molecule has 0 bridgehead atoms. The first kappa shape index (κ1) is 10.3. The van der Waals surface area contributed by atoms with Gasteiger partial charge in [0.25, 0.3) is 0 Å². The molecule has 0 saturated heterocycles. The van der Waals surface area contributed by atoms with Crippen LogP contribution in [0, 0.1) is 0 Å². The molecule has 1 fully saturated rings. The fourth-order valence-electron chi connectivity index (χ4n) is 2.14. The predicted octanol–water partition coefficient (Wildman–Crippen LogP) is 3.52. The first-order chi connectivity index (χ1) is 8.34. The molecule has 0 amide bonds. The van der Waals surface area contributed by atoms with Crippen LogP contribution < -0.4 is 0 Å². The summed E-state index contributed by atoms with van der Waals surface area (Å²) in [5.41, 5.74) is 0.843. The summed E-state index contributed by atoms with van der Waals surface area (Å²) in [6.45, 7) is 0. The van der Waals surface area contributed by atoms with E-state index in [1.54, 1.807) is 6.07 Å². The molecule has 2 aromatic carbocycles. The quantitative estimate of drug-likeness (QED) is 0.779. The van der Waals surface area contributed by atoms with Gasteiger partial charge in [-0.05, 0) is 36.1 Å². The average molecular weight is 225 g/mol. The highest BCUT2D eigenvalue weighted by Crippen LogP contribution is 2.27. The lowest BCUT2D eigenvalue weighted by Gasteiger charge is -2.20. The van der Waals surface area contributed by atoms with Gasteiger partial charge in [0.2, 0.25) is 0 Å². The Morgan fingerprint density at radius 2 is 1.94 bits per heavy atom. The van der Waals surface area contributed by atoms with Crippen molar-refractivity contribution in [1.82, 2.24) is 0 Å². The topological polar surface area (TPSA) is 32.6 Å². The van der Waals surface area contributed by atoms with Gasteiger partial charge in [-0.1, -0.05) is 30.3 Å². The van der Waals surface area contributed by atoms with E-state index < -0.39 is 0 Å². The van der Waals surface area contributed by atoms with Gasteiger partial charge in [0.15, 0.2) is 0 Å². The van der Waals surface area contributed by atoms with Crippen molar-refractivity contribution in [3.63, 3.8) is 0 Å². The van der Waals surface area contributed by atoms with Crippen molar-refractivity contribution in [3.05, 3.63) is 42.0 Å². The number of aromatic hydroxyl groups is 1. The number of hydrogen-bond acceptors (Lipinski definition) is 2. The molecule has 2 aromatic rings. The van der Waals surface area contributed by atoms with Crippen molar-refractivity contribution >= 4 is 17.0 Å². The van der Waals surface area contributed by atoms with Gasteiger partial charge in [0.1, 0.15) is 5.75 Å². The minimum atomic E-state index is 0.312. The van der Waals surface area contributed by atoms with Crippen molar-refractivity contribution in [3.8, 4) is 5.75 Å². The fourth-order valence-corrected chi connectivity index (χ4v) is 2.14. The summed E-state index contributed by atoms with van der Waals surface area (Å²) in [4.78, 5) is 4.53. The van der Waals surface area contributed by atoms with Crippen LogP contribution >= 0.6 is 0 Å². The molecular weight excluding hydrogens is 210 g/mol. The molecule has 1 aliphatic carbocycles. The number of hydrogen-bond donors (Lipinski definition) is 1. The Balaban J connectivity index is 2.06. The van der Waals surface area contributed by atoms with Gasteiger partial charge in [-0.3, -0.25) is 4.99 Å². The highest BCUT2D eigenvalue weighted by molar-refractivity contribution is 6.02. The second kappa shape index (κ2) is 4.21. The maximum absolute atomic E-state index is 9.92.